The molecule has 1 rings (SSSR count). The summed E-state index contributed by atoms with van der Waals surface area (Å²) < 4.78 is 0. The fourth-order valence-electron chi connectivity index (χ4n) is 1.72. The first-order valence-corrected chi connectivity index (χ1v) is 4.72. The molecule has 0 saturated carbocycles. The standard InChI is InChI=1S/C11H18O/c1-7(2)10-5-8(3)9(4)11(12)6-10/h7,10H,5-6H2,1-4H3. The van der Waals surface area contributed by atoms with Crippen molar-refractivity contribution in [2.45, 2.75) is 40.5 Å². The molecule has 0 aromatic carbocycles. The third-order valence-electron chi connectivity index (χ3n) is 3.02. The number of carbonyl (C=O) groups is 1. The van der Waals surface area contributed by atoms with Crippen molar-refractivity contribution in [3.8, 4) is 0 Å². The van der Waals surface area contributed by atoms with E-state index in [-0.39, 0.29) is 0 Å². The predicted octanol–water partition coefficient (Wildman–Crippen LogP) is 2.96. The van der Waals surface area contributed by atoms with E-state index < -0.39 is 0 Å². The summed E-state index contributed by atoms with van der Waals surface area (Å²) in [6.07, 6.45) is 1.89. The summed E-state index contributed by atoms with van der Waals surface area (Å²) in [6, 6.07) is 0. The van der Waals surface area contributed by atoms with Gasteiger partial charge in [0.05, 0.1) is 0 Å². The Kier molecular flexibility index (Phi) is 2.71. The minimum absolute atomic E-state index is 0.359. The van der Waals surface area contributed by atoms with E-state index in [1.54, 1.807) is 0 Å². The molecule has 1 nitrogen and oxygen atoms in total. The lowest BCUT2D eigenvalue weighted by atomic mass is 9.78. The molecule has 1 heteroatoms. The van der Waals surface area contributed by atoms with Crippen molar-refractivity contribution < 1.29 is 4.79 Å². The van der Waals surface area contributed by atoms with Gasteiger partial charge in [-0.15, -0.1) is 0 Å². The smallest absolute Gasteiger partial charge is 0.158 e. The summed E-state index contributed by atoms with van der Waals surface area (Å²) >= 11 is 0. The Hall–Kier alpha value is -0.590. The summed E-state index contributed by atoms with van der Waals surface area (Å²) in [5, 5.41) is 0. The molecule has 0 aromatic rings. The number of hydrogen-bond acceptors (Lipinski definition) is 1. The molecule has 0 radical (unpaired) electrons. The second kappa shape index (κ2) is 3.42. The SMILES string of the molecule is CC1=C(C)C(=O)CC(C(C)C)C1. The zero-order chi connectivity index (χ0) is 9.30. The van der Waals surface area contributed by atoms with Crippen LogP contribution in [0, 0.1) is 11.8 Å². The number of Topliss-reactive ketones (excluding diaryl/α,β-unsaturated/α-hetero) is 1. The highest BCUT2D eigenvalue weighted by Crippen LogP contribution is 2.31. The van der Waals surface area contributed by atoms with Gasteiger partial charge in [-0.1, -0.05) is 19.4 Å². The summed E-state index contributed by atoms with van der Waals surface area (Å²) in [5.41, 5.74) is 2.30. The van der Waals surface area contributed by atoms with Crippen LogP contribution in [-0.4, -0.2) is 5.78 Å². The maximum Gasteiger partial charge on any atom is 0.158 e. The van der Waals surface area contributed by atoms with Crippen LogP contribution in [-0.2, 0) is 4.79 Å². The Morgan fingerprint density at radius 3 is 2.25 bits per heavy atom. The van der Waals surface area contributed by atoms with Gasteiger partial charge in [-0.3, -0.25) is 4.79 Å². The molecule has 0 aromatic heterocycles. The molecule has 0 saturated heterocycles. The van der Waals surface area contributed by atoms with E-state index >= 15 is 0 Å². The van der Waals surface area contributed by atoms with E-state index in [1.165, 1.54) is 5.57 Å². The zero-order valence-electron chi connectivity index (χ0n) is 8.48. The lowest BCUT2D eigenvalue weighted by molar-refractivity contribution is -0.117. The van der Waals surface area contributed by atoms with Gasteiger partial charge in [-0.25, -0.2) is 0 Å². The van der Waals surface area contributed by atoms with Crippen LogP contribution in [0.2, 0.25) is 0 Å². The van der Waals surface area contributed by atoms with Crippen LogP contribution in [0.1, 0.15) is 40.5 Å². The first-order chi connectivity index (χ1) is 5.52. The van der Waals surface area contributed by atoms with Crippen LogP contribution < -0.4 is 0 Å². The van der Waals surface area contributed by atoms with Gasteiger partial charge < -0.3 is 0 Å². The number of carbonyl (C=O) groups excluding carboxylic acids is 1. The van der Waals surface area contributed by atoms with Crippen LogP contribution in [0.3, 0.4) is 0 Å². The predicted molar refractivity (Wildman–Crippen MR) is 50.9 cm³/mol. The molecule has 0 amide bonds. The van der Waals surface area contributed by atoms with Crippen LogP contribution in [0.5, 0.6) is 0 Å². The molecule has 0 fully saturated rings. The second-order valence-corrected chi connectivity index (χ2v) is 4.24. The molecular weight excluding hydrogens is 148 g/mol. The van der Waals surface area contributed by atoms with Crippen molar-refractivity contribution in [1.82, 2.24) is 0 Å². The Morgan fingerprint density at radius 1 is 1.25 bits per heavy atom. The van der Waals surface area contributed by atoms with E-state index in [0.29, 0.717) is 17.6 Å². The Balaban J connectivity index is 2.78. The number of allylic oxidation sites excluding steroid dienone is 2. The molecule has 0 N–H and O–H groups in total. The number of rotatable bonds is 1. The molecule has 0 aliphatic heterocycles. The maximum absolute atomic E-state index is 11.5. The normalized spacial score (nSPS) is 25.4. The highest BCUT2D eigenvalue weighted by atomic mass is 16.1. The highest BCUT2D eigenvalue weighted by Gasteiger charge is 2.24. The first kappa shape index (κ1) is 9.50. The summed E-state index contributed by atoms with van der Waals surface area (Å²) in [5.74, 6) is 1.58. The van der Waals surface area contributed by atoms with Crippen molar-refractivity contribution in [1.29, 1.82) is 0 Å². The van der Waals surface area contributed by atoms with Crippen molar-refractivity contribution >= 4 is 5.78 Å². The van der Waals surface area contributed by atoms with Crippen LogP contribution in [0.25, 0.3) is 0 Å². The first-order valence-electron chi connectivity index (χ1n) is 4.72. The van der Waals surface area contributed by atoms with Gasteiger partial charge in [0.25, 0.3) is 0 Å². The molecule has 0 heterocycles. The Morgan fingerprint density at radius 2 is 1.83 bits per heavy atom. The minimum Gasteiger partial charge on any atom is -0.295 e. The van der Waals surface area contributed by atoms with Crippen molar-refractivity contribution in [3.63, 3.8) is 0 Å². The molecule has 1 aliphatic carbocycles. The van der Waals surface area contributed by atoms with Gasteiger partial charge in [0.15, 0.2) is 5.78 Å². The molecule has 0 spiro atoms. The van der Waals surface area contributed by atoms with Crippen molar-refractivity contribution in [2.75, 3.05) is 0 Å². The largest absolute Gasteiger partial charge is 0.295 e. The van der Waals surface area contributed by atoms with Crippen molar-refractivity contribution in [2.24, 2.45) is 11.8 Å². The molecule has 1 unspecified atom stereocenters. The molecular formula is C11H18O. The van der Waals surface area contributed by atoms with Gasteiger partial charge in [0, 0.05) is 6.42 Å². The van der Waals surface area contributed by atoms with E-state index in [0.717, 1.165) is 18.4 Å². The molecule has 68 valence electrons. The van der Waals surface area contributed by atoms with Gasteiger partial charge >= 0.3 is 0 Å². The Bertz CT molecular complexity index is 223. The molecule has 1 atom stereocenters. The third kappa shape index (κ3) is 1.77. The van der Waals surface area contributed by atoms with Gasteiger partial charge in [-0.2, -0.15) is 0 Å². The monoisotopic (exact) mass is 166 g/mol. The summed E-state index contributed by atoms with van der Waals surface area (Å²) in [6.45, 7) is 8.44. The number of ketones is 1. The maximum atomic E-state index is 11.5. The van der Waals surface area contributed by atoms with Gasteiger partial charge in [-0.05, 0) is 37.7 Å². The molecule has 0 bridgehead atoms. The van der Waals surface area contributed by atoms with Crippen LogP contribution in [0.15, 0.2) is 11.1 Å². The lowest BCUT2D eigenvalue weighted by Crippen LogP contribution is -2.21. The number of hydrogen-bond donors (Lipinski definition) is 0. The summed E-state index contributed by atoms with van der Waals surface area (Å²) in [7, 11) is 0. The Labute approximate surface area is 74.9 Å². The topological polar surface area (TPSA) is 17.1 Å². The molecule has 1 aliphatic rings. The van der Waals surface area contributed by atoms with Crippen LogP contribution in [0.4, 0.5) is 0 Å². The fourth-order valence-corrected chi connectivity index (χ4v) is 1.72. The minimum atomic E-state index is 0.359. The third-order valence-corrected chi connectivity index (χ3v) is 3.02. The quantitative estimate of drug-likeness (QED) is 0.585. The van der Waals surface area contributed by atoms with Crippen molar-refractivity contribution in [3.05, 3.63) is 11.1 Å². The average molecular weight is 166 g/mol. The average Bonchev–Trinajstić information content (AvgIpc) is 1.99. The van der Waals surface area contributed by atoms with E-state index in [4.69, 9.17) is 0 Å². The van der Waals surface area contributed by atoms with Gasteiger partial charge in [0.1, 0.15) is 0 Å². The molecule has 12 heavy (non-hydrogen) atoms. The lowest BCUT2D eigenvalue weighted by Gasteiger charge is -2.26. The van der Waals surface area contributed by atoms with E-state index in [1.807, 2.05) is 6.92 Å². The van der Waals surface area contributed by atoms with Crippen LogP contribution >= 0.6 is 0 Å². The van der Waals surface area contributed by atoms with E-state index in [9.17, 15) is 4.79 Å². The highest BCUT2D eigenvalue weighted by molar-refractivity contribution is 5.96. The summed E-state index contributed by atoms with van der Waals surface area (Å²) in [4.78, 5) is 11.5. The second-order valence-electron chi connectivity index (χ2n) is 4.24. The zero-order valence-corrected chi connectivity index (χ0v) is 8.48. The fraction of sp³-hybridized carbons (Fsp3) is 0.727. The van der Waals surface area contributed by atoms with Gasteiger partial charge in [0.2, 0.25) is 0 Å². The van der Waals surface area contributed by atoms with E-state index in [2.05, 4.69) is 20.8 Å².